The van der Waals surface area contributed by atoms with Crippen LogP contribution in [0, 0.1) is 12.3 Å². The lowest BCUT2D eigenvalue weighted by molar-refractivity contribution is 0.357. The van der Waals surface area contributed by atoms with Crippen LogP contribution in [-0.4, -0.2) is 64.4 Å². The van der Waals surface area contributed by atoms with Gasteiger partial charge in [0.05, 0.1) is 5.69 Å². The largest absolute Gasteiger partial charge is 0.368 e. The van der Waals surface area contributed by atoms with E-state index >= 15 is 0 Å². The maximum Gasteiger partial charge on any atom is 0.251 e. The van der Waals surface area contributed by atoms with Crippen LogP contribution in [0.25, 0.3) is 17.0 Å². The predicted molar refractivity (Wildman–Crippen MR) is 172 cm³/mol. The smallest absolute Gasteiger partial charge is 0.251 e. The molecule has 1 fully saturated rings. The van der Waals surface area contributed by atoms with Crippen molar-refractivity contribution in [2.24, 2.45) is 5.41 Å². The van der Waals surface area contributed by atoms with Crippen LogP contribution in [0.15, 0.2) is 58.6 Å². The van der Waals surface area contributed by atoms with Gasteiger partial charge < -0.3 is 15.6 Å². The second kappa shape index (κ2) is 13.3. The average Bonchev–Trinajstić information content (AvgIpc) is 3.60. The molecule has 0 atom stereocenters. The molecule has 1 aliphatic rings. The van der Waals surface area contributed by atoms with Crippen LogP contribution in [0.5, 0.6) is 0 Å². The van der Waals surface area contributed by atoms with E-state index in [1.807, 2.05) is 52.6 Å². The Morgan fingerprint density at radius 2 is 1.93 bits per heavy atom. The molecule has 13 heteroatoms. The van der Waals surface area contributed by atoms with Crippen LogP contribution < -0.4 is 16.2 Å². The minimum absolute atomic E-state index is 0.00537. The zero-order valence-corrected chi connectivity index (χ0v) is 26.3. The average molecular weight is 614 g/mol. The molecule has 0 saturated heterocycles. The number of aromatic nitrogens is 9. The zero-order chi connectivity index (χ0) is 30.5. The maximum atomic E-state index is 11.6. The first-order valence-electron chi connectivity index (χ1n) is 15.2. The van der Waals surface area contributed by atoms with Crippen LogP contribution in [0.4, 0.5) is 5.82 Å². The molecule has 0 unspecified atom stereocenters. The first-order valence-corrected chi connectivity index (χ1v) is 16.2. The number of aryl methyl sites for hydroxylation is 2. The normalized spacial score (nSPS) is 13.8. The van der Waals surface area contributed by atoms with Gasteiger partial charge >= 0.3 is 0 Å². The summed E-state index contributed by atoms with van der Waals surface area (Å²) in [6.45, 7) is 9.64. The Morgan fingerprint density at radius 1 is 1.09 bits per heavy atom. The Hall–Kier alpha value is -4.10. The Bertz CT molecular complexity index is 1760. The third-order valence-corrected chi connectivity index (χ3v) is 8.78. The lowest BCUT2D eigenvalue weighted by atomic mass is 9.80. The minimum Gasteiger partial charge on any atom is -0.368 e. The number of aromatic amines is 1. The van der Waals surface area contributed by atoms with Crippen molar-refractivity contribution >= 4 is 23.2 Å². The van der Waals surface area contributed by atoms with E-state index in [0.717, 1.165) is 61.1 Å². The van der Waals surface area contributed by atoms with Crippen molar-refractivity contribution in [3.63, 3.8) is 0 Å². The van der Waals surface area contributed by atoms with Gasteiger partial charge in [0.15, 0.2) is 22.4 Å². The summed E-state index contributed by atoms with van der Waals surface area (Å²) in [5, 5.41) is 30.3. The van der Waals surface area contributed by atoms with Crippen LogP contribution in [0.3, 0.4) is 0 Å². The van der Waals surface area contributed by atoms with E-state index in [1.54, 1.807) is 0 Å². The third kappa shape index (κ3) is 7.33. The quantitative estimate of drug-likeness (QED) is 0.0933. The predicted octanol–water partition coefficient (Wildman–Crippen LogP) is 4.45. The van der Waals surface area contributed by atoms with E-state index in [2.05, 4.69) is 61.0 Å². The van der Waals surface area contributed by atoms with Gasteiger partial charge in [-0.3, -0.25) is 9.48 Å². The first-order chi connectivity index (χ1) is 21.3. The molecule has 1 aromatic carbocycles. The van der Waals surface area contributed by atoms with Gasteiger partial charge in [0.25, 0.3) is 5.56 Å². The number of fused-ring (bicyclic) bond motifs is 1. The maximum absolute atomic E-state index is 11.6. The molecule has 230 valence electrons. The lowest BCUT2D eigenvalue weighted by Gasteiger charge is -2.30. The summed E-state index contributed by atoms with van der Waals surface area (Å²) in [4.78, 5) is 18.7. The van der Waals surface area contributed by atoms with Crippen molar-refractivity contribution in [1.29, 1.82) is 0 Å². The van der Waals surface area contributed by atoms with Gasteiger partial charge in [-0.2, -0.15) is 4.52 Å². The number of anilines is 1. The highest BCUT2D eigenvalue weighted by atomic mass is 32.2. The van der Waals surface area contributed by atoms with E-state index in [-0.39, 0.29) is 11.0 Å². The monoisotopic (exact) mass is 613 g/mol. The molecule has 4 aromatic heterocycles. The van der Waals surface area contributed by atoms with E-state index in [0.29, 0.717) is 22.5 Å². The molecule has 6 rings (SSSR count). The molecule has 0 spiro atoms. The van der Waals surface area contributed by atoms with Crippen molar-refractivity contribution in [3.8, 4) is 11.4 Å². The topological polar surface area (TPSA) is 144 Å². The van der Waals surface area contributed by atoms with Gasteiger partial charge in [0, 0.05) is 54.5 Å². The van der Waals surface area contributed by atoms with E-state index < -0.39 is 0 Å². The Kier molecular flexibility index (Phi) is 9.03. The fourth-order valence-corrected chi connectivity index (χ4v) is 6.03. The number of benzene rings is 1. The van der Waals surface area contributed by atoms with Crippen molar-refractivity contribution in [2.75, 3.05) is 25.0 Å². The van der Waals surface area contributed by atoms with Gasteiger partial charge in [-0.1, -0.05) is 67.6 Å². The molecule has 0 aliphatic heterocycles. The second-order valence-electron chi connectivity index (χ2n) is 12.2. The molecule has 5 aromatic rings. The molecule has 1 saturated carbocycles. The third-order valence-electron chi connectivity index (χ3n) is 7.87. The van der Waals surface area contributed by atoms with Crippen molar-refractivity contribution in [2.45, 2.75) is 69.8 Å². The van der Waals surface area contributed by atoms with Gasteiger partial charge in [-0.05, 0) is 50.1 Å². The Morgan fingerprint density at radius 3 is 2.70 bits per heavy atom. The molecule has 0 radical (unpaired) electrons. The van der Waals surface area contributed by atoms with Crippen LogP contribution in [0.2, 0.25) is 0 Å². The standard InChI is InChI=1S/C31H39N11OS/c1-21-15-27(43)35-30(34-21)44-18-24-17-41(40-36-24)14-8-13-32-19-31(2,3)20-33-28-25(22-11-7-12-22)16-26-37-38-29(42(26)39-28)23-9-5-4-6-10-23/h4-6,9-10,15-17,22,32H,7-8,11-14,18-20H2,1-3H3,(H,33,39)(H,34,35,43). The Labute approximate surface area is 260 Å². The molecule has 12 nitrogen and oxygen atoms in total. The van der Waals surface area contributed by atoms with Gasteiger partial charge in [0.1, 0.15) is 0 Å². The zero-order valence-electron chi connectivity index (χ0n) is 25.5. The molecule has 4 heterocycles. The molecular formula is C31H39N11OS. The fourth-order valence-electron chi connectivity index (χ4n) is 5.24. The highest BCUT2D eigenvalue weighted by molar-refractivity contribution is 7.98. The number of hydrogen-bond acceptors (Lipinski definition) is 10. The summed E-state index contributed by atoms with van der Waals surface area (Å²) in [6.07, 6.45) is 6.53. The summed E-state index contributed by atoms with van der Waals surface area (Å²) in [5.74, 6) is 2.80. The lowest BCUT2D eigenvalue weighted by Crippen LogP contribution is -2.36. The van der Waals surface area contributed by atoms with Crippen molar-refractivity contribution in [3.05, 3.63) is 76.0 Å². The summed E-state index contributed by atoms with van der Waals surface area (Å²) in [5.41, 5.74) is 4.45. The summed E-state index contributed by atoms with van der Waals surface area (Å²) in [7, 11) is 0. The Balaban J connectivity index is 0.993. The number of rotatable bonds is 14. The minimum atomic E-state index is -0.142. The van der Waals surface area contributed by atoms with E-state index in [1.165, 1.54) is 42.7 Å². The van der Waals surface area contributed by atoms with Gasteiger partial charge in [0.2, 0.25) is 0 Å². The first kappa shape index (κ1) is 29.9. The van der Waals surface area contributed by atoms with E-state index in [4.69, 9.17) is 5.10 Å². The SMILES string of the molecule is Cc1cc(=O)[nH]c(SCc2cn(CCCNCC(C)(C)CNc3nn4c(-c5ccccc5)nnc4cc3C3CCC3)nn2)n1. The molecule has 44 heavy (non-hydrogen) atoms. The molecule has 0 amide bonds. The number of nitrogens with zero attached hydrogens (tertiary/aromatic N) is 8. The van der Waals surface area contributed by atoms with E-state index in [9.17, 15) is 4.79 Å². The molecule has 3 N–H and O–H groups in total. The fraction of sp³-hybridized carbons (Fsp3) is 0.452. The molecular weight excluding hydrogens is 574 g/mol. The van der Waals surface area contributed by atoms with Crippen molar-refractivity contribution < 1.29 is 0 Å². The van der Waals surface area contributed by atoms with Gasteiger partial charge in [-0.25, -0.2) is 4.98 Å². The number of H-pyrrole nitrogens is 1. The molecule has 0 bridgehead atoms. The summed E-state index contributed by atoms with van der Waals surface area (Å²) < 4.78 is 3.73. The van der Waals surface area contributed by atoms with Crippen molar-refractivity contribution in [1.82, 2.24) is 50.1 Å². The van der Waals surface area contributed by atoms with Crippen LogP contribution >= 0.6 is 11.8 Å². The highest BCUT2D eigenvalue weighted by Crippen LogP contribution is 2.40. The number of thioether (sulfide) groups is 1. The van der Waals surface area contributed by atoms with Crippen LogP contribution in [-0.2, 0) is 12.3 Å². The summed E-state index contributed by atoms with van der Waals surface area (Å²) in [6, 6.07) is 13.7. The molecule has 1 aliphatic carbocycles. The number of hydrogen-bond donors (Lipinski definition) is 3. The number of nitrogens with one attached hydrogen (secondary N) is 3. The van der Waals surface area contributed by atoms with Gasteiger partial charge in [-0.15, -0.1) is 20.4 Å². The second-order valence-corrected chi connectivity index (χ2v) is 13.2. The summed E-state index contributed by atoms with van der Waals surface area (Å²) >= 11 is 1.45. The highest BCUT2D eigenvalue weighted by Gasteiger charge is 2.26. The van der Waals surface area contributed by atoms with Crippen LogP contribution in [0.1, 0.15) is 62.4 Å².